The second-order valence-electron chi connectivity index (χ2n) is 4.15. The topological polar surface area (TPSA) is 135 Å². The third-order valence-electron chi connectivity index (χ3n) is 2.94. The van der Waals surface area contributed by atoms with Crippen LogP contribution in [0.25, 0.3) is 0 Å². The Labute approximate surface area is 106 Å². The van der Waals surface area contributed by atoms with Gasteiger partial charge in [0.15, 0.2) is 17.3 Å². The van der Waals surface area contributed by atoms with Crippen molar-refractivity contribution in [1.82, 2.24) is 0 Å². The maximum atomic E-state index is 11.4. The first-order chi connectivity index (χ1) is 8.82. The maximum Gasteiger partial charge on any atom is 0.335 e. The molecule has 0 aromatic rings. The lowest BCUT2D eigenvalue weighted by atomic mass is 9.84. The molecule has 5 N–H and O–H groups in total. The van der Waals surface area contributed by atoms with E-state index in [1.165, 1.54) is 0 Å². The third kappa shape index (κ3) is 1.95. The zero-order valence-electron chi connectivity index (χ0n) is 9.49. The van der Waals surface area contributed by atoms with Crippen molar-refractivity contribution >= 4 is 11.8 Å². The van der Waals surface area contributed by atoms with Gasteiger partial charge < -0.3 is 25.5 Å². The van der Waals surface area contributed by atoms with Gasteiger partial charge in [0.1, 0.15) is 0 Å². The fraction of sp³-hybridized carbons (Fsp3) is 0.167. The molecule has 0 bridgehead atoms. The number of carbonyl (C=O) groups is 2. The van der Waals surface area contributed by atoms with Crippen LogP contribution in [-0.4, -0.2) is 37.3 Å². The van der Waals surface area contributed by atoms with Gasteiger partial charge in [0.2, 0.25) is 11.5 Å². The smallest absolute Gasteiger partial charge is 0.335 e. The molecule has 0 radical (unpaired) electrons. The van der Waals surface area contributed by atoms with Gasteiger partial charge >= 0.3 is 5.97 Å². The predicted molar refractivity (Wildman–Crippen MR) is 61.5 cm³/mol. The standard InChI is InChI=1S/C12H10O7/c13-6-3-5(12(18)19)1-4-2-7(14)10(16)11(17)8(4)9(6)15/h1,3-4,13,15-17H,2H2,(H,18,19). The minimum atomic E-state index is -1.36. The van der Waals surface area contributed by atoms with Crippen LogP contribution in [-0.2, 0) is 9.59 Å². The van der Waals surface area contributed by atoms with Crippen LogP contribution in [0.5, 0.6) is 0 Å². The number of aliphatic hydroxyl groups excluding tert-OH is 4. The van der Waals surface area contributed by atoms with Gasteiger partial charge in [-0.3, -0.25) is 4.79 Å². The molecule has 0 aliphatic heterocycles. The van der Waals surface area contributed by atoms with Crippen LogP contribution in [0.15, 0.2) is 46.3 Å². The third-order valence-corrected chi connectivity index (χ3v) is 2.94. The number of aliphatic carboxylic acids is 1. The highest BCUT2D eigenvalue weighted by molar-refractivity contribution is 5.97. The van der Waals surface area contributed by atoms with Crippen molar-refractivity contribution in [2.75, 3.05) is 0 Å². The number of Topliss-reactive ketones (excluding diaryl/α,β-unsaturated/α-hetero) is 1. The molecule has 7 heteroatoms. The Kier molecular flexibility index (Phi) is 2.82. The Hall–Kier alpha value is -2.70. The summed E-state index contributed by atoms with van der Waals surface area (Å²) >= 11 is 0. The van der Waals surface area contributed by atoms with E-state index in [1.807, 2.05) is 0 Å². The number of hydrogen-bond acceptors (Lipinski definition) is 6. The number of aliphatic hydroxyl groups is 4. The summed E-state index contributed by atoms with van der Waals surface area (Å²) in [6.45, 7) is 0. The summed E-state index contributed by atoms with van der Waals surface area (Å²) in [7, 11) is 0. The number of allylic oxidation sites excluding steroid dienone is 3. The number of carboxylic acids is 1. The maximum absolute atomic E-state index is 11.4. The molecule has 0 aromatic carbocycles. The largest absolute Gasteiger partial charge is 0.504 e. The molecule has 2 rings (SSSR count). The Balaban J connectivity index is 2.68. The van der Waals surface area contributed by atoms with Crippen molar-refractivity contribution in [2.24, 2.45) is 5.92 Å². The highest BCUT2D eigenvalue weighted by atomic mass is 16.4. The predicted octanol–water partition coefficient (Wildman–Crippen LogP) is 1.18. The van der Waals surface area contributed by atoms with Crippen LogP contribution < -0.4 is 0 Å². The zero-order chi connectivity index (χ0) is 14.3. The van der Waals surface area contributed by atoms with Crippen LogP contribution in [0, 0.1) is 5.92 Å². The molecule has 2 aliphatic carbocycles. The van der Waals surface area contributed by atoms with E-state index in [1.54, 1.807) is 0 Å². The van der Waals surface area contributed by atoms with E-state index in [-0.39, 0.29) is 17.6 Å². The molecule has 0 amide bonds. The molecule has 7 nitrogen and oxygen atoms in total. The van der Waals surface area contributed by atoms with Crippen molar-refractivity contribution in [1.29, 1.82) is 0 Å². The Morgan fingerprint density at radius 1 is 1.11 bits per heavy atom. The normalized spacial score (nSPS) is 23.6. The second kappa shape index (κ2) is 4.20. The van der Waals surface area contributed by atoms with E-state index < -0.39 is 40.7 Å². The molecular formula is C12H10O7. The number of carboxylic acid groups (broad SMARTS) is 1. The summed E-state index contributed by atoms with van der Waals surface area (Å²) in [5.74, 6) is -6.38. The summed E-state index contributed by atoms with van der Waals surface area (Å²) in [5.41, 5.74) is -0.604. The lowest BCUT2D eigenvalue weighted by Gasteiger charge is -2.21. The van der Waals surface area contributed by atoms with Crippen LogP contribution in [0.4, 0.5) is 0 Å². The summed E-state index contributed by atoms with van der Waals surface area (Å²) in [6, 6.07) is 0. The zero-order valence-corrected chi connectivity index (χ0v) is 9.49. The molecule has 0 spiro atoms. The molecule has 0 saturated carbocycles. The van der Waals surface area contributed by atoms with E-state index in [4.69, 9.17) is 5.11 Å². The number of carbonyl (C=O) groups excluding carboxylic acids is 1. The van der Waals surface area contributed by atoms with Gasteiger partial charge in [0.25, 0.3) is 0 Å². The molecule has 0 saturated heterocycles. The van der Waals surface area contributed by atoms with Gasteiger partial charge in [0, 0.05) is 12.3 Å². The quantitative estimate of drug-likeness (QED) is 0.480. The summed E-state index contributed by atoms with van der Waals surface area (Å²) in [5, 5.41) is 47.2. The molecule has 100 valence electrons. The Morgan fingerprint density at radius 2 is 1.74 bits per heavy atom. The van der Waals surface area contributed by atoms with E-state index >= 15 is 0 Å². The van der Waals surface area contributed by atoms with E-state index in [9.17, 15) is 30.0 Å². The van der Waals surface area contributed by atoms with Crippen molar-refractivity contribution in [3.8, 4) is 0 Å². The van der Waals surface area contributed by atoms with E-state index in [0.717, 1.165) is 12.2 Å². The van der Waals surface area contributed by atoms with Crippen molar-refractivity contribution in [3.05, 3.63) is 46.3 Å². The highest BCUT2D eigenvalue weighted by Crippen LogP contribution is 2.37. The molecule has 0 aromatic heterocycles. The van der Waals surface area contributed by atoms with Gasteiger partial charge in [0.05, 0.1) is 11.1 Å². The van der Waals surface area contributed by atoms with Crippen LogP contribution >= 0.6 is 0 Å². The first kappa shape index (κ1) is 12.7. The number of rotatable bonds is 1. The summed E-state index contributed by atoms with van der Waals surface area (Å²) in [6.07, 6.45) is 1.61. The van der Waals surface area contributed by atoms with Crippen LogP contribution in [0.3, 0.4) is 0 Å². The molecule has 2 aliphatic rings. The molecular weight excluding hydrogens is 256 g/mol. The van der Waals surface area contributed by atoms with E-state index in [0.29, 0.717) is 0 Å². The highest BCUT2D eigenvalue weighted by Gasteiger charge is 2.36. The summed E-state index contributed by atoms with van der Waals surface area (Å²) in [4.78, 5) is 22.3. The van der Waals surface area contributed by atoms with Gasteiger partial charge in [-0.25, -0.2) is 4.79 Å². The monoisotopic (exact) mass is 266 g/mol. The molecule has 0 heterocycles. The fourth-order valence-electron chi connectivity index (χ4n) is 2.02. The SMILES string of the molecule is O=C(O)C1=CC2CC(=O)C(O)=C(O)C2=C(O)C(O)=C1. The van der Waals surface area contributed by atoms with Crippen LogP contribution in [0.2, 0.25) is 0 Å². The van der Waals surface area contributed by atoms with Gasteiger partial charge in [-0.05, 0) is 6.08 Å². The first-order valence-corrected chi connectivity index (χ1v) is 5.28. The first-order valence-electron chi connectivity index (χ1n) is 5.28. The summed E-state index contributed by atoms with van der Waals surface area (Å²) < 4.78 is 0. The minimum Gasteiger partial charge on any atom is -0.504 e. The average molecular weight is 266 g/mol. The number of fused-ring (bicyclic) bond motifs is 1. The van der Waals surface area contributed by atoms with Crippen molar-refractivity contribution in [3.63, 3.8) is 0 Å². The second-order valence-corrected chi connectivity index (χ2v) is 4.15. The lowest BCUT2D eigenvalue weighted by Crippen LogP contribution is -2.22. The Morgan fingerprint density at radius 3 is 2.32 bits per heavy atom. The van der Waals surface area contributed by atoms with Gasteiger partial charge in [-0.15, -0.1) is 0 Å². The van der Waals surface area contributed by atoms with Crippen molar-refractivity contribution in [2.45, 2.75) is 6.42 Å². The fourth-order valence-corrected chi connectivity index (χ4v) is 2.02. The minimum absolute atomic E-state index is 0.276. The number of ketones is 1. The Bertz CT molecular complexity index is 604. The molecule has 1 atom stereocenters. The lowest BCUT2D eigenvalue weighted by molar-refractivity contribution is -0.132. The molecule has 1 unspecified atom stereocenters. The van der Waals surface area contributed by atoms with Gasteiger partial charge in [-0.2, -0.15) is 0 Å². The van der Waals surface area contributed by atoms with Gasteiger partial charge in [-0.1, -0.05) is 6.08 Å². The molecule has 0 fully saturated rings. The van der Waals surface area contributed by atoms with Crippen LogP contribution in [0.1, 0.15) is 6.42 Å². The molecule has 19 heavy (non-hydrogen) atoms. The average Bonchev–Trinajstić information content (AvgIpc) is 2.45. The number of hydrogen-bond donors (Lipinski definition) is 5. The van der Waals surface area contributed by atoms with Crippen molar-refractivity contribution < 1.29 is 35.1 Å². The van der Waals surface area contributed by atoms with E-state index in [2.05, 4.69) is 0 Å².